The molecule has 0 saturated carbocycles. The van der Waals surface area contributed by atoms with Gasteiger partial charge in [0.15, 0.2) is 5.41 Å². The van der Waals surface area contributed by atoms with Crippen LogP contribution >= 0.6 is 0 Å². The van der Waals surface area contributed by atoms with Crippen molar-refractivity contribution >= 4 is 23.9 Å². The zero-order valence-electron chi connectivity index (χ0n) is 16.7. The molecule has 1 unspecified atom stereocenters. The van der Waals surface area contributed by atoms with Crippen molar-refractivity contribution in [3.63, 3.8) is 0 Å². The van der Waals surface area contributed by atoms with Gasteiger partial charge in [0.2, 0.25) is 0 Å². The Kier molecular flexibility index (Phi) is 6.87. The summed E-state index contributed by atoms with van der Waals surface area (Å²) in [5.41, 5.74) is -8.21. The molecule has 0 aromatic heterocycles. The molecule has 0 aliphatic carbocycles. The van der Waals surface area contributed by atoms with Gasteiger partial charge in [0.25, 0.3) is 5.92 Å². The second-order valence-corrected chi connectivity index (χ2v) is 6.90. The number of benzene rings is 2. The number of rotatable bonds is 8. The molecule has 35 heavy (non-hydrogen) atoms. The Bertz CT molecular complexity index is 1150. The minimum Gasteiger partial charge on any atom is -0.478 e. The van der Waals surface area contributed by atoms with Crippen molar-refractivity contribution in [1.82, 2.24) is 5.34 Å². The van der Waals surface area contributed by atoms with Crippen molar-refractivity contribution in [3.05, 3.63) is 69.8 Å². The zero-order valence-corrected chi connectivity index (χ0v) is 16.7. The molecule has 1 atom stereocenters. The molecule has 0 fully saturated rings. The molecule has 10 nitrogen and oxygen atoms in total. The predicted molar refractivity (Wildman–Crippen MR) is 99.6 cm³/mol. The molecule has 0 heterocycles. The highest BCUT2D eigenvalue weighted by atomic mass is 19.4. The van der Waals surface area contributed by atoms with Gasteiger partial charge in [-0.1, -0.05) is 21.1 Å². The monoisotopic (exact) mass is 510 g/mol. The molecule has 0 radical (unpaired) electrons. The van der Waals surface area contributed by atoms with Crippen molar-refractivity contribution in [2.24, 2.45) is 5.73 Å². The average molecular weight is 510 g/mol. The van der Waals surface area contributed by atoms with E-state index in [4.69, 9.17) is 15.9 Å². The number of carboxylic acid groups (broad SMARTS) is 4. The highest BCUT2D eigenvalue weighted by Gasteiger charge is 2.72. The molecule has 0 aliphatic rings. The van der Waals surface area contributed by atoms with Crippen LogP contribution in [-0.4, -0.2) is 61.7 Å². The maximum Gasteiger partial charge on any atom is 0.408 e. The molecule has 2 aromatic carbocycles. The topological polar surface area (TPSA) is 178 Å². The van der Waals surface area contributed by atoms with Crippen LogP contribution in [0.25, 0.3) is 0 Å². The first kappa shape index (κ1) is 27.1. The summed E-state index contributed by atoms with van der Waals surface area (Å²) in [5.74, 6) is -13.4. The number of hydrogen-bond donors (Lipinski definition) is 5. The Balaban J connectivity index is 3.19. The highest BCUT2D eigenvalue weighted by Crippen LogP contribution is 2.54. The Morgan fingerprint density at radius 2 is 0.971 bits per heavy atom. The third-order valence-electron chi connectivity index (χ3n) is 5.02. The smallest absolute Gasteiger partial charge is 0.408 e. The fourth-order valence-electron chi connectivity index (χ4n) is 3.51. The predicted octanol–water partition coefficient (Wildman–Crippen LogP) is 2.98. The molecule has 0 bridgehead atoms. The maximum absolute atomic E-state index is 15.3. The van der Waals surface area contributed by atoms with E-state index in [1.165, 1.54) is 0 Å². The molecule has 0 saturated heterocycles. The summed E-state index contributed by atoms with van der Waals surface area (Å²) >= 11 is 0. The number of alkyl halides is 4. The van der Waals surface area contributed by atoms with E-state index in [-0.39, 0.29) is 36.4 Å². The molecule has 0 amide bonds. The molecule has 2 rings (SSSR count). The minimum atomic E-state index is -6.19. The summed E-state index contributed by atoms with van der Waals surface area (Å²) in [4.78, 5) is 45.4. The van der Waals surface area contributed by atoms with Gasteiger partial charge >= 0.3 is 30.1 Å². The van der Waals surface area contributed by atoms with Gasteiger partial charge in [0.1, 0.15) is 0 Å². The van der Waals surface area contributed by atoms with E-state index in [0.29, 0.717) is 0 Å². The lowest BCUT2D eigenvalue weighted by molar-refractivity contribution is -0.339. The summed E-state index contributed by atoms with van der Waals surface area (Å²) in [6.07, 6.45) is -6.19. The normalized spacial score (nSPS) is 13.8. The van der Waals surface area contributed by atoms with E-state index in [2.05, 4.69) is 0 Å². The first-order chi connectivity index (χ1) is 15.9. The van der Waals surface area contributed by atoms with Gasteiger partial charge in [0, 0.05) is 0 Å². The Labute approximate surface area is 189 Å². The summed E-state index contributed by atoms with van der Waals surface area (Å²) in [5, 5.41) is 33.9. The lowest BCUT2D eigenvalue weighted by atomic mass is 9.69. The molecular weight excluding hydrogens is 498 g/mol. The molecule has 6 N–H and O–H groups in total. The van der Waals surface area contributed by atoms with Gasteiger partial charge in [-0.2, -0.15) is 13.2 Å². The SMILES string of the molecule is NC(F)(N(F)F)C(c1ccc(C(=O)O)c(C(=O)O)c1)(c1ccc(C(=O)O)c(C(=O)O)c1)C(F)(F)F. The van der Waals surface area contributed by atoms with Crippen molar-refractivity contribution in [3.8, 4) is 0 Å². The molecule has 188 valence electrons. The number of nitrogens with zero attached hydrogens (tertiary/aromatic N) is 1. The van der Waals surface area contributed by atoms with Crippen LogP contribution in [0.2, 0.25) is 0 Å². The van der Waals surface area contributed by atoms with E-state index in [1.807, 2.05) is 0 Å². The van der Waals surface area contributed by atoms with Crippen molar-refractivity contribution < 1.29 is 66.1 Å². The number of carbonyl (C=O) groups is 4. The lowest BCUT2D eigenvalue weighted by Gasteiger charge is -2.44. The van der Waals surface area contributed by atoms with Crippen LogP contribution in [-0.2, 0) is 5.41 Å². The summed E-state index contributed by atoms with van der Waals surface area (Å²) < 4.78 is 86.1. The highest BCUT2D eigenvalue weighted by molar-refractivity contribution is 6.03. The van der Waals surface area contributed by atoms with Gasteiger partial charge in [0.05, 0.1) is 27.6 Å². The zero-order chi connectivity index (χ0) is 27.1. The largest absolute Gasteiger partial charge is 0.478 e. The molecule has 0 aliphatic heterocycles. The Hall–Kier alpha value is -4.18. The summed E-state index contributed by atoms with van der Waals surface area (Å²) in [7, 11) is 0. The van der Waals surface area contributed by atoms with Crippen LogP contribution in [0, 0.1) is 0 Å². The van der Waals surface area contributed by atoms with Gasteiger partial charge in [-0.05, 0) is 35.4 Å². The van der Waals surface area contributed by atoms with Crippen molar-refractivity contribution in [1.29, 1.82) is 0 Å². The van der Waals surface area contributed by atoms with Crippen molar-refractivity contribution in [2.75, 3.05) is 0 Å². The standard InChI is InChI=1S/C19H12F6N2O8/c20-18(21,22)17(19(23,26)27(24)25,7-1-3-9(13(28)29)11(5-7)15(32)33)8-2-4-10(14(30)31)12(6-8)16(34)35/h1-6H,26H2,(H,28,29)(H,30,31)(H,32,33)(H,34,35). The van der Waals surface area contributed by atoms with Crippen LogP contribution < -0.4 is 5.73 Å². The van der Waals surface area contributed by atoms with Crippen LogP contribution in [0.5, 0.6) is 0 Å². The van der Waals surface area contributed by atoms with Gasteiger partial charge in [-0.3, -0.25) is 5.73 Å². The van der Waals surface area contributed by atoms with E-state index >= 15 is 4.39 Å². The Morgan fingerprint density at radius 3 is 1.20 bits per heavy atom. The van der Waals surface area contributed by atoms with Gasteiger partial charge in [-0.15, -0.1) is 0 Å². The molecule has 16 heteroatoms. The quantitative estimate of drug-likeness (QED) is 0.153. The van der Waals surface area contributed by atoms with Crippen molar-refractivity contribution in [2.45, 2.75) is 17.5 Å². The van der Waals surface area contributed by atoms with Gasteiger partial charge < -0.3 is 20.4 Å². The second-order valence-electron chi connectivity index (χ2n) is 6.90. The lowest BCUT2D eigenvalue weighted by Crippen LogP contribution is -2.68. The maximum atomic E-state index is 15.3. The summed E-state index contributed by atoms with van der Waals surface area (Å²) in [6.45, 7) is 0. The average Bonchev–Trinajstić information content (AvgIpc) is 2.72. The Morgan fingerprint density at radius 1 is 0.657 bits per heavy atom. The molecule has 0 spiro atoms. The van der Waals surface area contributed by atoms with E-state index < -0.39 is 80.1 Å². The number of carboxylic acids is 4. The van der Waals surface area contributed by atoms with Crippen LogP contribution in [0.4, 0.5) is 26.5 Å². The van der Waals surface area contributed by atoms with E-state index in [1.54, 1.807) is 0 Å². The minimum absolute atomic E-state index is 0.0600. The number of aromatic carboxylic acids is 4. The van der Waals surface area contributed by atoms with Crippen LogP contribution in [0.15, 0.2) is 36.4 Å². The third-order valence-corrected chi connectivity index (χ3v) is 5.02. The molecular formula is C19H12F6N2O8. The van der Waals surface area contributed by atoms with Crippen LogP contribution in [0.3, 0.4) is 0 Å². The van der Waals surface area contributed by atoms with Gasteiger partial charge in [-0.25, -0.2) is 23.6 Å². The van der Waals surface area contributed by atoms with E-state index in [0.717, 1.165) is 0 Å². The first-order valence-electron chi connectivity index (χ1n) is 8.79. The summed E-state index contributed by atoms with van der Waals surface area (Å²) in [6, 6.07) is 0.745. The number of nitrogens with two attached hydrogens (primary N) is 1. The fourth-order valence-corrected chi connectivity index (χ4v) is 3.51. The molecule has 2 aromatic rings. The van der Waals surface area contributed by atoms with E-state index in [9.17, 15) is 51.5 Å². The fraction of sp³-hybridized carbons (Fsp3) is 0.158. The second kappa shape index (κ2) is 8.88. The first-order valence-corrected chi connectivity index (χ1v) is 8.79. The number of hydrogen-bond acceptors (Lipinski definition) is 6. The number of halogens is 6. The van der Waals surface area contributed by atoms with Crippen LogP contribution in [0.1, 0.15) is 52.6 Å². The third kappa shape index (κ3) is 4.24.